The van der Waals surface area contributed by atoms with Gasteiger partial charge in [-0.25, -0.2) is 9.36 Å². The minimum Gasteiger partial charge on any atom is -0.248 e. The summed E-state index contributed by atoms with van der Waals surface area (Å²) in [4.78, 5) is 1.97. The molecule has 11 heteroatoms. The number of alkyl halides is 1. The van der Waals surface area contributed by atoms with E-state index in [4.69, 9.17) is 23.2 Å². The minimum atomic E-state index is 0.577. The predicted octanol–water partition coefficient (Wildman–Crippen LogP) is 10.8. The van der Waals surface area contributed by atoms with E-state index < -0.39 is 0 Å². The van der Waals surface area contributed by atoms with Crippen molar-refractivity contribution < 1.29 is 0 Å². The Morgan fingerprint density at radius 3 is 0.960 bits per heavy atom. The van der Waals surface area contributed by atoms with Crippen LogP contribution in [0.3, 0.4) is 0 Å². The van der Waals surface area contributed by atoms with Crippen molar-refractivity contribution in [1.29, 1.82) is 0 Å². The van der Waals surface area contributed by atoms with E-state index in [1.165, 1.54) is 0 Å². The van der Waals surface area contributed by atoms with E-state index in [2.05, 4.69) is 53.2 Å². The van der Waals surface area contributed by atoms with E-state index in [0.717, 1.165) is 44.4 Å². The van der Waals surface area contributed by atoms with Gasteiger partial charge in [-0.3, -0.25) is 0 Å². The van der Waals surface area contributed by atoms with Gasteiger partial charge in [0.1, 0.15) is 22.8 Å². The second kappa shape index (κ2) is 17.3. The van der Waals surface area contributed by atoms with Crippen LogP contribution in [0.5, 0.6) is 0 Å². The summed E-state index contributed by atoms with van der Waals surface area (Å²) >= 11 is 15.5. The second-order valence-electron chi connectivity index (χ2n) is 10.5. The molecule has 252 valence electrons. The summed E-state index contributed by atoms with van der Waals surface area (Å²) in [5.74, 6) is 0. The van der Waals surface area contributed by atoms with Gasteiger partial charge in [0.25, 0.3) is 0 Å². The molecule has 50 heavy (non-hydrogen) atoms. The Morgan fingerprint density at radius 2 is 0.680 bits per heavy atom. The number of benzene rings is 4. The zero-order valence-electron chi connectivity index (χ0n) is 28.3. The number of nitrogens with zero attached hydrogens (tertiary/aromatic N) is 8. The second-order valence-corrected chi connectivity index (χ2v) is 11.3. The fourth-order valence-electron chi connectivity index (χ4n) is 5.34. The normalized spacial score (nSPS) is 10.4. The molecule has 0 aliphatic rings. The third-order valence-electron chi connectivity index (χ3n) is 7.57. The Kier molecular flexibility index (Phi) is 12.6. The number of hydrogen-bond acceptors (Lipinski definition) is 6. The van der Waals surface area contributed by atoms with Crippen LogP contribution < -0.4 is 0 Å². The first-order valence-corrected chi connectivity index (χ1v) is 18.8. The molecule has 8 nitrogen and oxygen atoms in total. The maximum atomic E-state index is 6.69. The van der Waals surface area contributed by atoms with E-state index in [1.54, 1.807) is 9.36 Å². The molecule has 8 rings (SSSR count). The van der Waals surface area contributed by atoms with Gasteiger partial charge in [0.2, 0.25) is 0 Å². The quantitative estimate of drug-likeness (QED) is 0.130. The summed E-state index contributed by atoms with van der Waals surface area (Å²) in [5, 5.41) is 29.2. The lowest BCUT2D eigenvalue weighted by Gasteiger charge is -2.05. The molecule has 0 atom stereocenters. The highest BCUT2D eigenvalue weighted by Crippen LogP contribution is 2.38. The van der Waals surface area contributed by atoms with Crippen molar-refractivity contribution in [3.8, 4) is 45.0 Å². The number of fused-ring (bicyclic) bond motifs is 2. The Labute approximate surface area is 315 Å². The Morgan fingerprint density at radius 1 is 0.420 bits per heavy atom. The van der Waals surface area contributed by atoms with Gasteiger partial charge in [0, 0.05) is 36.3 Å². The Hall–Kier alpha value is -4.71. The van der Waals surface area contributed by atoms with Gasteiger partial charge in [0.15, 0.2) is 11.3 Å². The molecule has 0 saturated carbocycles. The molecule has 4 aromatic carbocycles. The first kappa shape index (κ1) is 36.6. The maximum absolute atomic E-state index is 6.69. The van der Waals surface area contributed by atoms with E-state index in [1.807, 2.05) is 154 Å². The highest BCUT2D eigenvalue weighted by molar-refractivity contribution is 14.1. The molecule has 0 amide bonds. The van der Waals surface area contributed by atoms with Gasteiger partial charge in [-0.15, -0.1) is 20.4 Å². The van der Waals surface area contributed by atoms with Crippen LogP contribution in [0.25, 0.3) is 67.1 Å². The molecule has 0 bridgehead atoms. The fourth-order valence-corrected chi connectivity index (χ4v) is 5.98. The van der Waals surface area contributed by atoms with Gasteiger partial charge in [0.05, 0.1) is 20.8 Å². The molecule has 0 N–H and O–H groups in total. The van der Waals surface area contributed by atoms with E-state index in [0.29, 0.717) is 32.7 Å². The molecule has 0 aliphatic carbocycles. The highest BCUT2D eigenvalue weighted by atomic mass is 127. The topological polar surface area (TPSA) is 87.2 Å². The highest BCUT2D eigenvalue weighted by Gasteiger charge is 2.21. The van der Waals surface area contributed by atoms with Crippen LogP contribution >= 0.6 is 45.8 Å². The molecule has 0 fully saturated rings. The number of aryl methyl sites for hydroxylation is 2. The first-order valence-electron chi connectivity index (χ1n) is 15.9. The third kappa shape index (κ3) is 7.55. The maximum Gasteiger partial charge on any atom is 0.182 e. The lowest BCUT2D eigenvalue weighted by Crippen LogP contribution is -1.95. The van der Waals surface area contributed by atoms with E-state index in [-0.39, 0.29) is 0 Å². The van der Waals surface area contributed by atoms with Crippen LogP contribution in [0.4, 0.5) is 0 Å². The molecular weight excluding hydrogens is 778 g/mol. The lowest BCUT2D eigenvalue weighted by atomic mass is 10.1. The minimum absolute atomic E-state index is 0.577. The molecule has 4 heterocycles. The van der Waals surface area contributed by atoms with Crippen LogP contribution in [0.15, 0.2) is 121 Å². The Bertz CT molecular complexity index is 2130. The van der Waals surface area contributed by atoms with Crippen molar-refractivity contribution in [1.82, 2.24) is 40.0 Å². The monoisotopic (exact) mass is 812 g/mol. The van der Waals surface area contributed by atoms with Gasteiger partial charge < -0.3 is 0 Å². The smallest absolute Gasteiger partial charge is 0.182 e. The standard InChI is InChI=1S/2C18H13ClN4.C2H6.CH3I/c2*1-23-18-14(16(22-23)12-8-4-2-5-9-12)15(19)17(20-21-18)13-10-6-3-7-11-13;2*1-2/h2*2-11H,1H3;1-2H3;1H3. The summed E-state index contributed by atoms with van der Waals surface area (Å²) in [6.45, 7) is 4.00. The van der Waals surface area contributed by atoms with Gasteiger partial charge in [-0.1, -0.05) is 181 Å². The van der Waals surface area contributed by atoms with Crippen molar-refractivity contribution in [2.75, 3.05) is 4.93 Å². The first-order chi connectivity index (χ1) is 24.5. The van der Waals surface area contributed by atoms with Crippen LogP contribution in [0, 0.1) is 0 Å². The molecular formula is C39H35Cl2IN8. The summed E-state index contributed by atoms with van der Waals surface area (Å²) in [6, 6.07) is 39.6. The van der Waals surface area contributed by atoms with Crippen molar-refractivity contribution >= 4 is 67.9 Å². The van der Waals surface area contributed by atoms with E-state index >= 15 is 0 Å². The molecule has 4 aromatic heterocycles. The van der Waals surface area contributed by atoms with Crippen LogP contribution in [0.2, 0.25) is 10.0 Å². The molecule has 8 aromatic rings. The Balaban J connectivity index is 0.000000177. The number of hydrogen-bond donors (Lipinski definition) is 0. The lowest BCUT2D eigenvalue weighted by molar-refractivity contribution is 0.781. The van der Waals surface area contributed by atoms with Gasteiger partial charge in [-0.2, -0.15) is 10.2 Å². The van der Waals surface area contributed by atoms with Crippen molar-refractivity contribution in [2.45, 2.75) is 13.8 Å². The SMILES string of the molecule is CC.CI.Cn1nc(-c2ccccc2)c2c(Cl)c(-c3ccccc3)nnc21.Cn1nc(-c2ccccc2)c2c(Cl)c(-c3ccccc3)nnc21. The van der Waals surface area contributed by atoms with Gasteiger partial charge >= 0.3 is 0 Å². The summed E-state index contributed by atoms with van der Waals surface area (Å²) in [5.41, 5.74) is 8.22. The average molecular weight is 814 g/mol. The molecule has 0 saturated heterocycles. The number of aromatic nitrogens is 8. The summed E-state index contributed by atoms with van der Waals surface area (Å²) < 4.78 is 3.43. The summed E-state index contributed by atoms with van der Waals surface area (Å²) in [6.07, 6.45) is 0. The molecule has 0 aliphatic heterocycles. The molecule has 0 unspecified atom stereocenters. The summed E-state index contributed by atoms with van der Waals surface area (Å²) in [7, 11) is 3.70. The van der Waals surface area contributed by atoms with Crippen LogP contribution in [-0.2, 0) is 14.1 Å². The largest absolute Gasteiger partial charge is 0.248 e. The zero-order valence-corrected chi connectivity index (χ0v) is 31.9. The van der Waals surface area contributed by atoms with E-state index in [9.17, 15) is 0 Å². The number of rotatable bonds is 4. The van der Waals surface area contributed by atoms with Crippen molar-refractivity contribution in [3.05, 3.63) is 131 Å². The van der Waals surface area contributed by atoms with Crippen molar-refractivity contribution in [2.24, 2.45) is 14.1 Å². The molecule has 0 radical (unpaired) electrons. The third-order valence-corrected chi connectivity index (χ3v) is 8.30. The average Bonchev–Trinajstić information content (AvgIpc) is 3.72. The van der Waals surface area contributed by atoms with Gasteiger partial charge in [-0.05, 0) is 4.93 Å². The fraction of sp³-hybridized carbons (Fsp3) is 0.128. The van der Waals surface area contributed by atoms with Crippen LogP contribution in [-0.4, -0.2) is 44.9 Å². The molecule has 0 spiro atoms. The zero-order chi connectivity index (χ0) is 35.6. The predicted molar refractivity (Wildman–Crippen MR) is 216 cm³/mol. The number of halogens is 3. The van der Waals surface area contributed by atoms with Crippen LogP contribution in [0.1, 0.15) is 13.8 Å². The van der Waals surface area contributed by atoms with Crippen molar-refractivity contribution in [3.63, 3.8) is 0 Å².